The summed E-state index contributed by atoms with van der Waals surface area (Å²) in [6.45, 7) is 2.94. The van der Waals surface area contributed by atoms with Crippen molar-refractivity contribution in [3.05, 3.63) is 40.5 Å². The minimum atomic E-state index is 0.212. The van der Waals surface area contributed by atoms with Crippen LogP contribution in [0.2, 0.25) is 10.0 Å². The van der Waals surface area contributed by atoms with Gasteiger partial charge in [-0.3, -0.25) is 0 Å². The van der Waals surface area contributed by atoms with Crippen LogP contribution in [0.15, 0.2) is 30.5 Å². The van der Waals surface area contributed by atoms with E-state index in [4.69, 9.17) is 33.9 Å². The number of pyridine rings is 1. The van der Waals surface area contributed by atoms with Crippen LogP contribution in [-0.4, -0.2) is 40.6 Å². The van der Waals surface area contributed by atoms with Crippen LogP contribution >= 0.6 is 23.2 Å². The van der Waals surface area contributed by atoms with E-state index in [1.54, 1.807) is 6.20 Å². The first kappa shape index (κ1) is 17.0. The first-order chi connectivity index (χ1) is 13.1. The number of benzene rings is 1. The van der Waals surface area contributed by atoms with Gasteiger partial charge in [0.25, 0.3) is 0 Å². The number of hydrogen-bond donors (Lipinski definition) is 2. The minimum absolute atomic E-state index is 0.212. The van der Waals surface area contributed by atoms with Gasteiger partial charge < -0.3 is 16.0 Å². The quantitative estimate of drug-likeness (QED) is 0.686. The Morgan fingerprint density at radius 3 is 2.74 bits per heavy atom. The molecule has 3 N–H and O–H groups in total. The Labute approximate surface area is 166 Å². The lowest BCUT2D eigenvalue weighted by Crippen LogP contribution is -2.30. The average Bonchev–Trinajstić information content (AvgIpc) is 3.23. The Bertz CT molecular complexity index is 1010. The van der Waals surface area contributed by atoms with Crippen LogP contribution in [0.3, 0.4) is 0 Å². The van der Waals surface area contributed by atoms with Crippen molar-refractivity contribution in [1.29, 1.82) is 0 Å². The van der Waals surface area contributed by atoms with E-state index in [9.17, 15) is 0 Å². The zero-order valence-corrected chi connectivity index (χ0v) is 16.0. The Balaban J connectivity index is 1.72. The van der Waals surface area contributed by atoms with Crippen molar-refractivity contribution in [2.45, 2.75) is 12.5 Å². The normalized spacial score (nSPS) is 21.8. The number of nitrogen functional groups attached to an aromatic ring is 1. The molecular weight excluding hydrogens is 383 g/mol. The molecule has 0 spiro atoms. The lowest BCUT2D eigenvalue weighted by Gasteiger charge is -2.23. The molecule has 2 aliphatic heterocycles. The highest BCUT2D eigenvalue weighted by molar-refractivity contribution is 6.39. The second kappa shape index (κ2) is 6.48. The molecule has 2 saturated heterocycles. The van der Waals surface area contributed by atoms with Gasteiger partial charge in [0.1, 0.15) is 5.82 Å². The van der Waals surface area contributed by atoms with E-state index < -0.39 is 0 Å². The Hall–Kier alpha value is -2.15. The Morgan fingerprint density at radius 2 is 1.96 bits per heavy atom. The Morgan fingerprint density at radius 1 is 1.15 bits per heavy atom. The van der Waals surface area contributed by atoms with Gasteiger partial charge in [0.05, 0.1) is 10.0 Å². The maximum Gasteiger partial charge on any atom is 0.222 e. The molecule has 1 aromatic carbocycles. The van der Waals surface area contributed by atoms with E-state index in [2.05, 4.69) is 20.2 Å². The van der Waals surface area contributed by atoms with Crippen molar-refractivity contribution in [2.24, 2.45) is 5.92 Å². The third-order valence-electron chi connectivity index (χ3n) is 5.46. The molecule has 2 atom stereocenters. The fourth-order valence-corrected chi connectivity index (χ4v) is 4.77. The summed E-state index contributed by atoms with van der Waals surface area (Å²) in [5, 5.41) is 5.57. The lowest BCUT2D eigenvalue weighted by molar-refractivity contribution is 0.556. The zero-order chi connectivity index (χ0) is 18.5. The summed E-state index contributed by atoms with van der Waals surface area (Å²) in [7, 11) is 0. The van der Waals surface area contributed by atoms with Crippen molar-refractivity contribution in [2.75, 3.05) is 30.3 Å². The summed E-state index contributed by atoms with van der Waals surface area (Å²) in [5.41, 5.74) is 8.03. The molecule has 27 heavy (non-hydrogen) atoms. The van der Waals surface area contributed by atoms with E-state index >= 15 is 0 Å². The molecule has 138 valence electrons. The van der Waals surface area contributed by atoms with Gasteiger partial charge >= 0.3 is 0 Å². The standard InChI is InChI=1S/C19H18Cl2N6/c20-13-2-1-3-14(21)16(13)12-6-11-7-24-19(22)26-17(11)25-18(12)27-8-10-4-5-23-15(10)9-27/h1-3,6-7,10,15,23H,4-5,8-9H2,(H2,22,24,25,26). The van der Waals surface area contributed by atoms with E-state index in [1.807, 2.05) is 24.3 Å². The van der Waals surface area contributed by atoms with Crippen LogP contribution in [-0.2, 0) is 0 Å². The van der Waals surface area contributed by atoms with E-state index in [-0.39, 0.29) is 5.95 Å². The monoisotopic (exact) mass is 400 g/mol. The van der Waals surface area contributed by atoms with Crippen LogP contribution in [0.4, 0.5) is 11.8 Å². The Kier molecular flexibility index (Phi) is 4.07. The molecule has 0 bridgehead atoms. The van der Waals surface area contributed by atoms with Crippen LogP contribution in [0, 0.1) is 5.92 Å². The molecule has 4 heterocycles. The molecule has 5 rings (SSSR count). The molecule has 2 aliphatic rings. The zero-order valence-electron chi connectivity index (χ0n) is 14.5. The summed E-state index contributed by atoms with van der Waals surface area (Å²) < 4.78 is 0. The molecule has 2 unspecified atom stereocenters. The van der Waals surface area contributed by atoms with Crippen LogP contribution in [0.25, 0.3) is 22.2 Å². The molecule has 0 saturated carbocycles. The van der Waals surface area contributed by atoms with Crippen molar-refractivity contribution >= 4 is 46.0 Å². The van der Waals surface area contributed by atoms with Crippen molar-refractivity contribution in [3.8, 4) is 11.1 Å². The number of fused-ring (bicyclic) bond motifs is 2. The van der Waals surface area contributed by atoms with Crippen LogP contribution < -0.4 is 16.0 Å². The molecular formula is C19H18Cl2N6. The number of nitrogens with two attached hydrogens (primary N) is 1. The average molecular weight is 401 g/mol. The van der Waals surface area contributed by atoms with Gasteiger partial charge in [-0.05, 0) is 37.1 Å². The molecule has 0 aliphatic carbocycles. The second-order valence-corrected chi connectivity index (χ2v) is 7.93. The predicted molar refractivity (Wildman–Crippen MR) is 109 cm³/mol. The molecule has 2 fully saturated rings. The number of nitrogens with one attached hydrogen (secondary N) is 1. The summed E-state index contributed by atoms with van der Waals surface area (Å²) in [6, 6.07) is 8.03. The summed E-state index contributed by atoms with van der Waals surface area (Å²) >= 11 is 13.0. The number of anilines is 2. The summed E-state index contributed by atoms with van der Waals surface area (Å²) in [4.78, 5) is 15.6. The highest BCUT2D eigenvalue weighted by Gasteiger charge is 2.37. The first-order valence-electron chi connectivity index (χ1n) is 8.96. The van der Waals surface area contributed by atoms with Crippen molar-refractivity contribution in [1.82, 2.24) is 20.3 Å². The third-order valence-corrected chi connectivity index (χ3v) is 6.09. The first-order valence-corrected chi connectivity index (χ1v) is 9.72. The maximum absolute atomic E-state index is 6.52. The van der Waals surface area contributed by atoms with Gasteiger partial charge in [0, 0.05) is 41.8 Å². The van der Waals surface area contributed by atoms with Crippen LogP contribution in [0.1, 0.15) is 6.42 Å². The predicted octanol–water partition coefficient (Wildman–Crippen LogP) is 3.38. The van der Waals surface area contributed by atoms with Crippen LogP contribution in [0.5, 0.6) is 0 Å². The highest BCUT2D eigenvalue weighted by atomic mass is 35.5. The molecule has 3 aromatic rings. The number of halogens is 2. The third kappa shape index (κ3) is 2.88. The molecule has 0 radical (unpaired) electrons. The minimum Gasteiger partial charge on any atom is -0.368 e. The lowest BCUT2D eigenvalue weighted by atomic mass is 10.0. The molecule has 6 nitrogen and oxygen atoms in total. The topological polar surface area (TPSA) is 80.0 Å². The maximum atomic E-state index is 6.52. The molecule has 2 aromatic heterocycles. The number of rotatable bonds is 2. The van der Waals surface area contributed by atoms with E-state index in [0.29, 0.717) is 27.7 Å². The number of hydrogen-bond acceptors (Lipinski definition) is 6. The SMILES string of the molecule is Nc1ncc2cc(-c3c(Cl)cccc3Cl)c(N3CC4CCNC4C3)nc2n1. The van der Waals surface area contributed by atoms with Gasteiger partial charge in [0.15, 0.2) is 5.65 Å². The summed E-state index contributed by atoms with van der Waals surface area (Å²) in [6.07, 6.45) is 2.87. The second-order valence-electron chi connectivity index (χ2n) is 7.11. The van der Waals surface area contributed by atoms with Gasteiger partial charge in [-0.1, -0.05) is 29.3 Å². The fraction of sp³-hybridized carbons (Fsp3) is 0.316. The van der Waals surface area contributed by atoms with Crippen molar-refractivity contribution < 1.29 is 0 Å². The summed E-state index contributed by atoms with van der Waals surface area (Å²) in [5.74, 6) is 1.68. The smallest absolute Gasteiger partial charge is 0.222 e. The number of aromatic nitrogens is 3. The highest BCUT2D eigenvalue weighted by Crippen LogP contribution is 2.42. The van der Waals surface area contributed by atoms with Gasteiger partial charge in [-0.2, -0.15) is 4.98 Å². The van der Waals surface area contributed by atoms with Gasteiger partial charge in [-0.25, -0.2) is 9.97 Å². The van der Waals surface area contributed by atoms with Gasteiger partial charge in [-0.15, -0.1) is 0 Å². The molecule has 8 heteroatoms. The van der Waals surface area contributed by atoms with Gasteiger partial charge in [0.2, 0.25) is 5.95 Å². The molecule has 0 amide bonds. The van der Waals surface area contributed by atoms with Crippen molar-refractivity contribution in [3.63, 3.8) is 0 Å². The van der Waals surface area contributed by atoms with E-state index in [0.717, 1.165) is 42.0 Å². The number of nitrogens with zero attached hydrogens (tertiary/aromatic N) is 4. The fourth-order valence-electron chi connectivity index (χ4n) is 4.17. The largest absolute Gasteiger partial charge is 0.368 e. The van der Waals surface area contributed by atoms with E-state index in [1.165, 1.54) is 6.42 Å².